The van der Waals surface area contributed by atoms with Gasteiger partial charge in [0, 0.05) is 35.8 Å². The van der Waals surface area contributed by atoms with Gasteiger partial charge in [-0.1, -0.05) is 35.3 Å². The summed E-state index contributed by atoms with van der Waals surface area (Å²) in [7, 11) is 0. The number of piperidine rings is 1. The Labute approximate surface area is 270 Å². The molecule has 4 aromatic rings. The summed E-state index contributed by atoms with van der Waals surface area (Å²) in [5.74, 6) is 0.224. The van der Waals surface area contributed by atoms with Crippen LogP contribution < -0.4 is 4.74 Å². The second kappa shape index (κ2) is 12.2. The molecule has 0 bridgehead atoms. The van der Waals surface area contributed by atoms with E-state index in [4.69, 9.17) is 37.8 Å². The van der Waals surface area contributed by atoms with E-state index in [0.29, 0.717) is 49.9 Å². The van der Waals surface area contributed by atoms with Crippen LogP contribution in [0, 0.1) is 5.41 Å². The van der Waals surface area contributed by atoms with Gasteiger partial charge in [-0.3, -0.25) is 9.58 Å². The Morgan fingerprint density at radius 1 is 1.20 bits per heavy atom. The smallest absolute Gasteiger partial charge is 0.337 e. The van der Waals surface area contributed by atoms with Crippen molar-refractivity contribution < 1.29 is 23.8 Å². The molecule has 238 valence electrons. The third kappa shape index (κ3) is 5.82. The minimum Gasteiger partial charge on any atom is -0.492 e. The number of nitrogens with zero attached hydrogens (tertiary/aromatic N) is 5. The zero-order valence-corrected chi connectivity index (χ0v) is 26.6. The van der Waals surface area contributed by atoms with Crippen molar-refractivity contribution in [1.29, 1.82) is 0 Å². The molecule has 2 atom stereocenters. The lowest BCUT2D eigenvalue weighted by molar-refractivity contribution is -0.146. The number of aliphatic hydroxyl groups excluding tert-OH is 1. The zero-order valence-electron chi connectivity index (χ0n) is 25.1. The number of fused-ring (bicyclic) bond motifs is 2. The second-order valence-electron chi connectivity index (χ2n) is 12.6. The van der Waals surface area contributed by atoms with Crippen LogP contribution >= 0.6 is 23.2 Å². The van der Waals surface area contributed by atoms with Crippen molar-refractivity contribution in [1.82, 2.24) is 24.2 Å². The van der Waals surface area contributed by atoms with Crippen molar-refractivity contribution in [3.8, 4) is 16.9 Å². The summed E-state index contributed by atoms with van der Waals surface area (Å²) in [6.45, 7) is 5.67. The van der Waals surface area contributed by atoms with Crippen LogP contribution in [0.1, 0.15) is 50.0 Å². The number of alkyl halides is 1. The number of hydrogen-bond acceptors (Lipinski definition) is 7. The van der Waals surface area contributed by atoms with Gasteiger partial charge in [0.15, 0.2) is 6.04 Å². The molecular weight excluding hydrogens is 620 g/mol. The Morgan fingerprint density at radius 2 is 1.96 bits per heavy atom. The normalized spacial score (nSPS) is 20.3. The predicted octanol–water partition coefficient (Wildman–Crippen LogP) is 5.87. The molecule has 1 aliphatic carbocycles. The third-order valence-corrected chi connectivity index (χ3v) is 10.3. The molecule has 2 fully saturated rings. The Balaban J connectivity index is 1.07. The minimum atomic E-state index is -1.03. The largest absolute Gasteiger partial charge is 0.492 e. The molecular formula is C33H36Cl2FN5O4. The van der Waals surface area contributed by atoms with Crippen LogP contribution in [-0.4, -0.2) is 80.4 Å². The van der Waals surface area contributed by atoms with Crippen molar-refractivity contribution in [2.24, 2.45) is 5.41 Å². The van der Waals surface area contributed by atoms with Crippen molar-refractivity contribution in [2.75, 3.05) is 32.8 Å². The van der Waals surface area contributed by atoms with E-state index < -0.39 is 18.2 Å². The van der Waals surface area contributed by atoms with Crippen molar-refractivity contribution in [2.45, 2.75) is 63.9 Å². The first-order valence-electron chi connectivity index (χ1n) is 15.6. The molecule has 45 heavy (non-hydrogen) atoms. The number of likely N-dealkylation sites (tertiary alicyclic amines) is 1. The molecule has 1 saturated heterocycles. The maximum absolute atomic E-state index is 14.2. The number of ether oxygens (including phenoxy) is 2. The number of rotatable bonds is 9. The summed E-state index contributed by atoms with van der Waals surface area (Å²) < 4.78 is 28.8. The quantitative estimate of drug-likeness (QED) is 0.225. The number of hydrogen-bond donors (Lipinski definition) is 1. The van der Waals surface area contributed by atoms with E-state index in [1.807, 2.05) is 24.3 Å². The van der Waals surface area contributed by atoms with Gasteiger partial charge >= 0.3 is 5.97 Å². The number of carbonyl (C=O) groups excluding carboxylic acids is 1. The Morgan fingerprint density at radius 3 is 2.67 bits per heavy atom. The molecule has 1 saturated carbocycles. The zero-order chi connectivity index (χ0) is 31.3. The van der Waals surface area contributed by atoms with E-state index in [1.165, 1.54) is 4.68 Å². The molecule has 0 unspecified atom stereocenters. The lowest BCUT2D eigenvalue weighted by atomic mass is 9.61. The Bertz CT molecular complexity index is 1710. The molecule has 4 heterocycles. The van der Waals surface area contributed by atoms with Gasteiger partial charge in [-0.05, 0) is 74.9 Å². The van der Waals surface area contributed by atoms with Gasteiger partial charge in [0.05, 0.1) is 41.3 Å². The minimum absolute atomic E-state index is 0.0992. The van der Waals surface area contributed by atoms with Crippen molar-refractivity contribution in [3.63, 3.8) is 0 Å². The summed E-state index contributed by atoms with van der Waals surface area (Å²) in [6.07, 6.45) is 6.47. The molecule has 2 aromatic heterocycles. The van der Waals surface area contributed by atoms with E-state index in [9.17, 15) is 14.3 Å². The molecule has 0 amide bonds. The standard InChI is InChI=1S/C33H36Cl2FN5O4/c1-2-44-32(43)31(30-27-13-21(36)17-40(27)19-37-30)41-18-25-26(34)14-24(28(35)29(25)38-41)20-3-5-23(6-4-20)45-12-11-39-9-7-33(8-10-39)15-22(42)16-33/h3-6,14,18-19,21-22,31,42H,2,7-13,15-17H2,1H3/t21-,31-/m1/s1. The fourth-order valence-electron chi connectivity index (χ4n) is 7.17. The van der Waals surface area contributed by atoms with Gasteiger partial charge in [0.2, 0.25) is 0 Å². The fraction of sp³-hybridized carbons (Fsp3) is 0.485. The predicted molar refractivity (Wildman–Crippen MR) is 170 cm³/mol. The van der Waals surface area contributed by atoms with Crippen molar-refractivity contribution in [3.05, 3.63) is 64.3 Å². The molecule has 0 radical (unpaired) electrons. The topological polar surface area (TPSA) is 94.6 Å². The first-order chi connectivity index (χ1) is 21.7. The summed E-state index contributed by atoms with van der Waals surface area (Å²) in [6, 6.07) is 8.48. The van der Waals surface area contributed by atoms with Crippen LogP contribution in [-0.2, 0) is 22.5 Å². The fourth-order valence-corrected chi connectivity index (χ4v) is 7.72. The van der Waals surface area contributed by atoms with Crippen LogP contribution in [0.2, 0.25) is 10.0 Å². The van der Waals surface area contributed by atoms with Gasteiger partial charge in [-0.15, -0.1) is 0 Å². The maximum Gasteiger partial charge on any atom is 0.337 e. The lowest BCUT2D eigenvalue weighted by Crippen LogP contribution is -2.49. The maximum atomic E-state index is 14.2. The van der Waals surface area contributed by atoms with Crippen LogP contribution in [0.25, 0.3) is 22.0 Å². The molecule has 2 aliphatic heterocycles. The number of carbonyl (C=O) groups is 1. The van der Waals surface area contributed by atoms with E-state index in [0.717, 1.165) is 56.6 Å². The number of aromatic nitrogens is 4. The summed E-state index contributed by atoms with van der Waals surface area (Å²) in [5.41, 5.74) is 3.42. The Kier molecular flexibility index (Phi) is 8.27. The number of imidazole rings is 1. The van der Waals surface area contributed by atoms with E-state index in [1.54, 1.807) is 30.1 Å². The average Bonchev–Trinajstić information content (AvgIpc) is 3.72. The number of esters is 1. The molecule has 2 aromatic carbocycles. The van der Waals surface area contributed by atoms with Crippen LogP contribution in [0.3, 0.4) is 0 Å². The highest BCUT2D eigenvalue weighted by Gasteiger charge is 2.45. The van der Waals surface area contributed by atoms with E-state index in [2.05, 4.69) is 9.88 Å². The van der Waals surface area contributed by atoms with Gasteiger partial charge in [0.25, 0.3) is 0 Å². The lowest BCUT2D eigenvalue weighted by Gasteiger charge is -2.50. The number of aliphatic hydroxyl groups is 1. The highest BCUT2D eigenvalue weighted by molar-refractivity contribution is 6.42. The number of halogens is 3. The first kappa shape index (κ1) is 30.5. The molecule has 9 nitrogen and oxygen atoms in total. The summed E-state index contributed by atoms with van der Waals surface area (Å²) in [5, 5.41) is 15.8. The van der Waals surface area contributed by atoms with Crippen molar-refractivity contribution >= 4 is 40.1 Å². The molecule has 1 N–H and O–H groups in total. The highest BCUT2D eigenvalue weighted by Crippen LogP contribution is 2.49. The Hall–Kier alpha value is -3.18. The highest BCUT2D eigenvalue weighted by atomic mass is 35.5. The average molecular weight is 657 g/mol. The molecule has 3 aliphatic rings. The van der Waals surface area contributed by atoms with Gasteiger partial charge < -0.3 is 19.1 Å². The molecule has 7 rings (SSSR count). The van der Waals surface area contributed by atoms with Crippen LogP contribution in [0.5, 0.6) is 5.75 Å². The SMILES string of the molecule is CCOC(=O)[C@@H](c1ncn2c1C[C@@H](F)C2)n1cc2c(Cl)cc(-c3ccc(OCCN4CCC5(CC4)CC(O)C5)cc3)c(Cl)c2n1. The summed E-state index contributed by atoms with van der Waals surface area (Å²) in [4.78, 5) is 20.1. The van der Waals surface area contributed by atoms with Crippen LogP contribution in [0.4, 0.5) is 4.39 Å². The monoisotopic (exact) mass is 655 g/mol. The molecule has 1 spiro atoms. The third-order valence-electron chi connectivity index (χ3n) is 9.62. The van der Waals surface area contributed by atoms with E-state index in [-0.39, 0.29) is 25.7 Å². The van der Waals surface area contributed by atoms with Gasteiger partial charge in [0.1, 0.15) is 24.0 Å². The summed E-state index contributed by atoms with van der Waals surface area (Å²) >= 11 is 13.7. The molecule has 12 heteroatoms. The van der Waals surface area contributed by atoms with E-state index >= 15 is 0 Å². The van der Waals surface area contributed by atoms with Gasteiger partial charge in [-0.2, -0.15) is 5.10 Å². The second-order valence-corrected chi connectivity index (χ2v) is 13.3. The number of benzene rings is 2. The van der Waals surface area contributed by atoms with Gasteiger partial charge in [-0.25, -0.2) is 14.2 Å². The van der Waals surface area contributed by atoms with Crippen LogP contribution in [0.15, 0.2) is 42.9 Å². The first-order valence-corrected chi connectivity index (χ1v) is 16.3.